The summed E-state index contributed by atoms with van der Waals surface area (Å²) in [7, 11) is 0. The van der Waals surface area contributed by atoms with Gasteiger partial charge in [0.25, 0.3) is 0 Å². The zero-order valence-corrected chi connectivity index (χ0v) is 18.1. The average molecular weight is 372 g/mol. The zero-order valence-electron chi connectivity index (χ0n) is 17.2. The Morgan fingerprint density at radius 1 is 0.923 bits per heavy atom. The van der Waals surface area contributed by atoms with E-state index in [2.05, 4.69) is 84.1 Å². The van der Waals surface area contributed by atoms with Crippen LogP contribution in [0.25, 0.3) is 0 Å². The molecule has 0 aliphatic heterocycles. The van der Waals surface area contributed by atoms with Gasteiger partial charge in [-0.05, 0) is 46.8 Å². The monoisotopic (exact) mass is 371 g/mol. The number of benzene rings is 2. The summed E-state index contributed by atoms with van der Waals surface area (Å²) in [6, 6.07) is 12.6. The van der Waals surface area contributed by atoms with Crippen LogP contribution in [0.5, 0.6) is 5.75 Å². The van der Waals surface area contributed by atoms with E-state index in [1.807, 2.05) is 17.8 Å². The fourth-order valence-corrected chi connectivity index (χ4v) is 3.66. The van der Waals surface area contributed by atoms with Crippen LogP contribution in [-0.4, -0.2) is 10.9 Å². The van der Waals surface area contributed by atoms with Gasteiger partial charge < -0.3 is 10.4 Å². The van der Waals surface area contributed by atoms with Gasteiger partial charge in [0.05, 0.1) is 11.4 Å². The van der Waals surface area contributed by atoms with Crippen molar-refractivity contribution in [2.45, 2.75) is 70.6 Å². The van der Waals surface area contributed by atoms with Gasteiger partial charge in [0, 0.05) is 10.5 Å². The van der Waals surface area contributed by atoms with Crippen LogP contribution in [0.3, 0.4) is 0 Å². The number of anilines is 2. The van der Waals surface area contributed by atoms with Crippen LogP contribution >= 0.6 is 11.8 Å². The van der Waals surface area contributed by atoms with E-state index < -0.39 is 0 Å². The first-order valence-electron chi connectivity index (χ1n) is 9.41. The molecule has 2 rings (SSSR count). The van der Waals surface area contributed by atoms with Crippen molar-refractivity contribution in [2.24, 2.45) is 0 Å². The molecule has 2 N–H and O–H groups in total. The van der Waals surface area contributed by atoms with Crippen molar-refractivity contribution < 1.29 is 5.11 Å². The Morgan fingerprint density at radius 2 is 1.58 bits per heavy atom. The molecule has 0 aliphatic carbocycles. The fraction of sp³-hybridized carbons (Fsp3) is 0.478. The highest BCUT2D eigenvalue weighted by Crippen LogP contribution is 2.42. The lowest BCUT2D eigenvalue weighted by Gasteiger charge is -2.28. The average Bonchev–Trinajstić information content (AvgIpc) is 2.53. The molecule has 2 aromatic rings. The third-order valence-electron chi connectivity index (χ3n) is 4.40. The summed E-state index contributed by atoms with van der Waals surface area (Å²) in [5.41, 5.74) is 3.92. The maximum absolute atomic E-state index is 11.0. The van der Waals surface area contributed by atoms with Crippen molar-refractivity contribution in [1.82, 2.24) is 0 Å². The summed E-state index contributed by atoms with van der Waals surface area (Å²) in [6.45, 7) is 15.2. The highest BCUT2D eigenvalue weighted by atomic mass is 32.2. The number of rotatable bonds is 5. The maximum atomic E-state index is 11.0. The summed E-state index contributed by atoms with van der Waals surface area (Å²) < 4.78 is 0. The van der Waals surface area contributed by atoms with Gasteiger partial charge in [0.15, 0.2) is 0 Å². The second-order valence-corrected chi connectivity index (χ2v) is 10.0. The first kappa shape index (κ1) is 20.7. The van der Waals surface area contributed by atoms with Crippen molar-refractivity contribution in [3.8, 4) is 5.75 Å². The minimum Gasteiger partial charge on any atom is -0.505 e. The number of aromatic hydroxyl groups is 1. The molecule has 0 bridgehead atoms. The van der Waals surface area contributed by atoms with Gasteiger partial charge in [-0.2, -0.15) is 0 Å². The van der Waals surface area contributed by atoms with E-state index in [-0.39, 0.29) is 10.8 Å². The molecular formula is C23H33NOS. The zero-order chi connectivity index (χ0) is 19.5. The molecule has 26 heavy (non-hydrogen) atoms. The van der Waals surface area contributed by atoms with Crippen molar-refractivity contribution in [3.05, 3.63) is 47.5 Å². The summed E-state index contributed by atoms with van der Waals surface area (Å²) >= 11 is 1.85. The lowest BCUT2D eigenvalue weighted by molar-refractivity contribution is 0.447. The molecular weight excluding hydrogens is 338 g/mol. The quantitative estimate of drug-likeness (QED) is 0.429. The third-order valence-corrected chi connectivity index (χ3v) is 5.68. The van der Waals surface area contributed by atoms with Gasteiger partial charge in [0.1, 0.15) is 5.75 Å². The van der Waals surface area contributed by atoms with Crippen LogP contribution in [0.1, 0.15) is 66.0 Å². The fourth-order valence-electron chi connectivity index (χ4n) is 2.79. The Labute approximate surface area is 163 Å². The van der Waals surface area contributed by atoms with Crippen LogP contribution in [0.15, 0.2) is 41.3 Å². The topological polar surface area (TPSA) is 32.3 Å². The number of hydrogen-bond acceptors (Lipinski definition) is 3. The molecule has 0 fully saturated rings. The van der Waals surface area contributed by atoms with Gasteiger partial charge in [-0.15, -0.1) is 11.8 Å². The van der Waals surface area contributed by atoms with Gasteiger partial charge >= 0.3 is 0 Å². The summed E-state index contributed by atoms with van der Waals surface area (Å²) in [6.07, 6.45) is 1.14. The molecule has 3 heteroatoms. The molecule has 0 aliphatic rings. The van der Waals surface area contributed by atoms with Gasteiger partial charge in [-0.3, -0.25) is 0 Å². The highest BCUT2D eigenvalue weighted by Gasteiger charge is 2.25. The van der Waals surface area contributed by atoms with E-state index in [1.54, 1.807) is 0 Å². The molecule has 142 valence electrons. The molecule has 0 aromatic heterocycles. The molecule has 0 heterocycles. The molecule has 0 spiro atoms. The van der Waals surface area contributed by atoms with Crippen LogP contribution in [0.2, 0.25) is 0 Å². The first-order valence-corrected chi connectivity index (χ1v) is 10.4. The molecule has 0 unspecified atom stereocenters. The minimum atomic E-state index is -0.127. The van der Waals surface area contributed by atoms with E-state index in [1.165, 1.54) is 10.5 Å². The molecule has 0 atom stereocenters. The van der Waals surface area contributed by atoms with Gasteiger partial charge in [0.2, 0.25) is 0 Å². The third kappa shape index (κ3) is 4.97. The Morgan fingerprint density at radius 3 is 2.15 bits per heavy atom. The Balaban J connectivity index is 2.53. The molecule has 2 nitrogen and oxygen atoms in total. The van der Waals surface area contributed by atoms with Crippen LogP contribution < -0.4 is 5.32 Å². The van der Waals surface area contributed by atoms with Gasteiger partial charge in [-0.25, -0.2) is 0 Å². The molecule has 0 amide bonds. The van der Waals surface area contributed by atoms with Gasteiger partial charge in [-0.1, -0.05) is 66.7 Å². The van der Waals surface area contributed by atoms with Crippen molar-refractivity contribution >= 4 is 23.1 Å². The highest BCUT2D eigenvalue weighted by molar-refractivity contribution is 7.99. The largest absolute Gasteiger partial charge is 0.505 e. The number of phenolic OH excluding ortho intramolecular Hbond substituents is 1. The van der Waals surface area contributed by atoms with Crippen LogP contribution in [0, 0.1) is 0 Å². The Bertz CT molecular complexity index is 754. The lowest BCUT2D eigenvalue weighted by Crippen LogP contribution is -2.17. The Hall–Kier alpha value is -1.61. The standard InChI is InChI=1S/C23H33NOS/c1-8-13-26-20-12-10-9-11-18(20)24-19-15-16(22(2,3)4)14-17(21(19)25)23(5,6)7/h9-12,14-15,24-25H,8,13H2,1-7H3. The number of nitrogens with one attached hydrogen (secondary N) is 1. The smallest absolute Gasteiger partial charge is 0.142 e. The predicted molar refractivity (Wildman–Crippen MR) is 116 cm³/mol. The molecule has 0 saturated carbocycles. The maximum Gasteiger partial charge on any atom is 0.142 e. The van der Waals surface area contributed by atoms with Crippen LogP contribution in [0.4, 0.5) is 11.4 Å². The number of phenols is 1. The van der Waals surface area contributed by atoms with E-state index in [0.717, 1.165) is 29.1 Å². The SMILES string of the molecule is CCCSc1ccccc1Nc1cc(C(C)(C)C)cc(C(C)(C)C)c1O. The molecule has 2 aromatic carbocycles. The van der Waals surface area contributed by atoms with E-state index in [9.17, 15) is 5.11 Å². The Kier molecular flexibility index (Phi) is 6.33. The lowest BCUT2D eigenvalue weighted by atomic mass is 9.79. The molecule has 0 saturated heterocycles. The molecule has 0 radical (unpaired) electrons. The normalized spacial score (nSPS) is 12.3. The number of para-hydroxylation sites is 1. The number of hydrogen-bond donors (Lipinski definition) is 2. The van der Waals surface area contributed by atoms with Crippen molar-refractivity contribution in [2.75, 3.05) is 11.1 Å². The van der Waals surface area contributed by atoms with Crippen molar-refractivity contribution in [3.63, 3.8) is 0 Å². The minimum absolute atomic E-state index is 0.0145. The first-order chi connectivity index (χ1) is 12.0. The van der Waals surface area contributed by atoms with E-state index in [0.29, 0.717) is 5.75 Å². The summed E-state index contributed by atoms with van der Waals surface area (Å²) in [5.74, 6) is 1.43. The van der Waals surface area contributed by atoms with E-state index in [4.69, 9.17) is 0 Å². The predicted octanol–water partition coefficient (Wildman–Crippen LogP) is 7.23. The summed E-state index contributed by atoms with van der Waals surface area (Å²) in [5, 5.41) is 14.5. The second kappa shape index (κ2) is 7.96. The number of thioether (sulfide) groups is 1. The van der Waals surface area contributed by atoms with E-state index >= 15 is 0 Å². The second-order valence-electron chi connectivity index (χ2n) is 8.89. The van der Waals surface area contributed by atoms with Crippen molar-refractivity contribution in [1.29, 1.82) is 0 Å². The summed E-state index contributed by atoms with van der Waals surface area (Å²) in [4.78, 5) is 1.22. The van der Waals surface area contributed by atoms with Crippen LogP contribution in [-0.2, 0) is 10.8 Å².